The fourth-order valence-electron chi connectivity index (χ4n) is 1.10. The molecule has 0 saturated heterocycles. The third kappa shape index (κ3) is 2.50. The van der Waals surface area contributed by atoms with Gasteiger partial charge in [0.05, 0.1) is 12.8 Å². The quantitative estimate of drug-likeness (QED) is 0.730. The summed E-state index contributed by atoms with van der Waals surface area (Å²) >= 11 is 0. The van der Waals surface area contributed by atoms with Crippen LogP contribution in [-0.4, -0.2) is 45.6 Å². The van der Waals surface area contributed by atoms with Gasteiger partial charge in [0.15, 0.2) is 0 Å². The Hall–Kier alpha value is -1.49. The van der Waals surface area contributed by atoms with Crippen molar-refractivity contribution in [1.29, 1.82) is 0 Å². The Morgan fingerprint density at radius 1 is 1.57 bits per heavy atom. The predicted molar refractivity (Wildman–Crippen MR) is 50.7 cm³/mol. The molecule has 5 heteroatoms. The van der Waals surface area contributed by atoms with Crippen molar-refractivity contribution in [3.05, 3.63) is 24.3 Å². The van der Waals surface area contributed by atoms with E-state index in [1.165, 1.54) is 23.5 Å². The van der Waals surface area contributed by atoms with Gasteiger partial charge in [-0.2, -0.15) is 0 Å². The van der Waals surface area contributed by atoms with Crippen molar-refractivity contribution >= 4 is 5.91 Å². The third-order valence-electron chi connectivity index (χ3n) is 1.82. The molecule has 0 bridgehead atoms. The molecule has 0 spiro atoms. The van der Waals surface area contributed by atoms with E-state index in [4.69, 9.17) is 5.11 Å². The second-order valence-electron chi connectivity index (χ2n) is 2.70. The highest BCUT2D eigenvalue weighted by Gasteiger charge is 2.14. The molecule has 76 valence electrons. The van der Waals surface area contributed by atoms with Crippen LogP contribution in [0.3, 0.4) is 0 Å². The average molecular weight is 195 g/mol. The molecule has 14 heavy (non-hydrogen) atoms. The molecule has 1 aromatic rings. The van der Waals surface area contributed by atoms with Crippen LogP contribution in [0, 0.1) is 0 Å². The van der Waals surface area contributed by atoms with E-state index >= 15 is 0 Å². The van der Waals surface area contributed by atoms with Gasteiger partial charge in [0, 0.05) is 25.5 Å². The monoisotopic (exact) mass is 195 g/mol. The van der Waals surface area contributed by atoms with Gasteiger partial charge >= 0.3 is 0 Å². The van der Waals surface area contributed by atoms with Crippen molar-refractivity contribution in [2.45, 2.75) is 6.92 Å². The van der Waals surface area contributed by atoms with Crippen molar-refractivity contribution in [3.63, 3.8) is 0 Å². The molecule has 0 radical (unpaired) electrons. The maximum Gasteiger partial charge on any atom is 0.274 e. The number of aliphatic hydroxyl groups excluding tert-OH is 1. The maximum absolute atomic E-state index is 11.7. The van der Waals surface area contributed by atoms with Gasteiger partial charge in [0.1, 0.15) is 5.69 Å². The second kappa shape index (κ2) is 5.29. The van der Waals surface area contributed by atoms with Crippen LogP contribution in [0.15, 0.2) is 18.6 Å². The van der Waals surface area contributed by atoms with Gasteiger partial charge in [0.2, 0.25) is 0 Å². The first-order valence-electron chi connectivity index (χ1n) is 4.45. The summed E-state index contributed by atoms with van der Waals surface area (Å²) in [6.07, 6.45) is 4.40. The number of aromatic nitrogens is 2. The van der Waals surface area contributed by atoms with Crippen LogP contribution in [0.25, 0.3) is 0 Å². The molecular weight excluding hydrogens is 182 g/mol. The number of hydrogen-bond acceptors (Lipinski definition) is 4. The Kier molecular flexibility index (Phi) is 4.00. The summed E-state index contributed by atoms with van der Waals surface area (Å²) < 4.78 is 0. The van der Waals surface area contributed by atoms with Crippen LogP contribution in [0.2, 0.25) is 0 Å². The van der Waals surface area contributed by atoms with Crippen molar-refractivity contribution in [2.24, 2.45) is 0 Å². The Labute approximate surface area is 82.4 Å². The van der Waals surface area contributed by atoms with Crippen LogP contribution in [-0.2, 0) is 0 Å². The molecule has 0 aromatic carbocycles. The van der Waals surface area contributed by atoms with Crippen LogP contribution in [0.1, 0.15) is 17.4 Å². The molecule has 1 aromatic heterocycles. The SMILES string of the molecule is CCN(CCO)C(=O)c1cnccn1. The molecule has 0 aliphatic carbocycles. The largest absolute Gasteiger partial charge is 0.395 e. The molecule has 0 unspecified atom stereocenters. The van der Waals surface area contributed by atoms with Crippen molar-refractivity contribution < 1.29 is 9.90 Å². The van der Waals surface area contributed by atoms with Gasteiger partial charge in [-0.1, -0.05) is 0 Å². The topological polar surface area (TPSA) is 66.3 Å². The van der Waals surface area contributed by atoms with Gasteiger partial charge in [-0.3, -0.25) is 9.78 Å². The van der Waals surface area contributed by atoms with E-state index in [9.17, 15) is 4.79 Å². The second-order valence-corrected chi connectivity index (χ2v) is 2.70. The zero-order valence-corrected chi connectivity index (χ0v) is 8.05. The normalized spacial score (nSPS) is 9.86. The zero-order valence-electron chi connectivity index (χ0n) is 8.05. The van der Waals surface area contributed by atoms with E-state index in [1.807, 2.05) is 6.92 Å². The number of likely N-dealkylation sites (N-methyl/N-ethyl adjacent to an activating group) is 1. The van der Waals surface area contributed by atoms with E-state index in [1.54, 1.807) is 0 Å². The zero-order chi connectivity index (χ0) is 10.4. The minimum absolute atomic E-state index is 0.0418. The van der Waals surface area contributed by atoms with Gasteiger partial charge in [-0.15, -0.1) is 0 Å². The molecular formula is C9H13N3O2. The van der Waals surface area contributed by atoms with Gasteiger partial charge < -0.3 is 10.0 Å². The Morgan fingerprint density at radius 3 is 2.86 bits per heavy atom. The molecule has 1 heterocycles. The average Bonchev–Trinajstić information content (AvgIpc) is 2.26. The highest BCUT2D eigenvalue weighted by atomic mass is 16.3. The summed E-state index contributed by atoms with van der Waals surface area (Å²) in [5.41, 5.74) is 0.308. The fourth-order valence-corrected chi connectivity index (χ4v) is 1.10. The van der Waals surface area contributed by atoms with Gasteiger partial charge in [-0.05, 0) is 6.92 Å². The summed E-state index contributed by atoms with van der Waals surface area (Å²) in [4.78, 5) is 20.9. The van der Waals surface area contributed by atoms with E-state index in [0.717, 1.165) is 0 Å². The van der Waals surface area contributed by atoms with E-state index in [-0.39, 0.29) is 12.5 Å². The minimum atomic E-state index is -0.199. The molecule has 0 fully saturated rings. The lowest BCUT2D eigenvalue weighted by Gasteiger charge is -2.18. The van der Waals surface area contributed by atoms with Gasteiger partial charge in [0.25, 0.3) is 5.91 Å². The van der Waals surface area contributed by atoms with Crippen LogP contribution >= 0.6 is 0 Å². The molecule has 1 amide bonds. The predicted octanol–water partition coefficient (Wildman–Crippen LogP) is -0.0690. The molecule has 0 aliphatic heterocycles. The first-order valence-corrected chi connectivity index (χ1v) is 4.45. The number of carbonyl (C=O) groups excluding carboxylic acids is 1. The lowest BCUT2D eigenvalue weighted by atomic mass is 10.3. The number of aliphatic hydroxyl groups is 1. The van der Waals surface area contributed by atoms with E-state index in [0.29, 0.717) is 18.8 Å². The highest BCUT2D eigenvalue weighted by molar-refractivity contribution is 5.91. The lowest BCUT2D eigenvalue weighted by Crippen LogP contribution is -2.33. The molecule has 1 N–H and O–H groups in total. The number of hydrogen-bond donors (Lipinski definition) is 1. The van der Waals surface area contributed by atoms with E-state index in [2.05, 4.69) is 9.97 Å². The number of rotatable bonds is 4. The summed E-state index contributed by atoms with van der Waals surface area (Å²) in [5, 5.41) is 8.73. The van der Waals surface area contributed by atoms with Crippen molar-refractivity contribution in [2.75, 3.05) is 19.7 Å². The number of nitrogens with zero attached hydrogens (tertiary/aromatic N) is 3. The summed E-state index contributed by atoms with van der Waals surface area (Å²) in [6.45, 7) is 2.69. The van der Waals surface area contributed by atoms with Crippen molar-refractivity contribution in [1.82, 2.24) is 14.9 Å². The molecule has 0 aliphatic rings. The molecule has 5 nitrogen and oxygen atoms in total. The summed E-state index contributed by atoms with van der Waals surface area (Å²) in [5.74, 6) is -0.199. The smallest absolute Gasteiger partial charge is 0.274 e. The first-order chi connectivity index (χ1) is 6.79. The Bertz CT molecular complexity index is 289. The number of carbonyl (C=O) groups is 1. The summed E-state index contributed by atoms with van der Waals surface area (Å²) in [7, 11) is 0. The van der Waals surface area contributed by atoms with E-state index < -0.39 is 0 Å². The van der Waals surface area contributed by atoms with Crippen LogP contribution < -0.4 is 0 Å². The third-order valence-corrected chi connectivity index (χ3v) is 1.82. The maximum atomic E-state index is 11.7. The fraction of sp³-hybridized carbons (Fsp3) is 0.444. The van der Waals surface area contributed by atoms with Crippen LogP contribution in [0.4, 0.5) is 0 Å². The number of amides is 1. The highest BCUT2D eigenvalue weighted by Crippen LogP contribution is 1.98. The van der Waals surface area contributed by atoms with Gasteiger partial charge in [-0.25, -0.2) is 4.98 Å². The molecule has 0 atom stereocenters. The summed E-state index contributed by atoms with van der Waals surface area (Å²) in [6, 6.07) is 0. The molecule has 0 saturated carbocycles. The lowest BCUT2D eigenvalue weighted by molar-refractivity contribution is 0.0725. The van der Waals surface area contributed by atoms with Crippen molar-refractivity contribution in [3.8, 4) is 0 Å². The van der Waals surface area contributed by atoms with Crippen LogP contribution in [0.5, 0.6) is 0 Å². The Morgan fingerprint density at radius 2 is 2.36 bits per heavy atom. The molecule has 1 rings (SSSR count). The first kappa shape index (κ1) is 10.6. The minimum Gasteiger partial charge on any atom is -0.395 e. The Balaban J connectivity index is 2.73. The standard InChI is InChI=1S/C9H13N3O2/c1-2-12(5-6-13)9(14)8-7-10-3-4-11-8/h3-4,7,13H,2,5-6H2,1H3.